The Morgan fingerprint density at radius 3 is 2.69 bits per heavy atom. The fraction of sp³-hybridized carbons (Fsp3) is 0.143. The van der Waals surface area contributed by atoms with Crippen molar-refractivity contribution in [1.29, 1.82) is 0 Å². The number of halogens is 1. The zero-order valence-electron chi connectivity index (χ0n) is 6.74. The van der Waals surface area contributed by atoms with Crippen LogP contribution >= 0.6 is 15.9 Å². The number of nitrogens with zero attached hydrogens (tertiary/aromatic N) is 1. The molecule has 0 heterocycles. The van der Waals surface area contributed by atoms with Gasteiger partial charge in [-0.1, -0.05) is 0 Å². The monoisotopic (exact) mass is 246 g/mol. The first-order valence-corrected chi connectivity index (χ1v) is 4.20. The number of aromatic hydroxyl groups is 1. The lowest BCUT2D eigenvalue weighted by Crippen LogP contribution is -1.96. The van der Waals surface area contributed by atoms with E-state index < -0.39 is 4.92 Å². The quantitative estimate of drug-likeness (QED) is 0.476. The molecule has 13 heavy (non-hydrogen) atoms. The van der Waals surface area contributed by atoms with Gasteiger partial charge < -0.3 is 10.4 Å². The van der Waals surface area contributed by atoms with Gasteiger partial charge in [0.25, 0.3) is 5.69 Å². The molecule has 1 rings (SSSR count). The second kappa shape index (κ2) is 3.61. The fourth-order valence-electron chi connectivity index (χ4n) is 0.902. The largest absolute Gasteiger partial charge is 0.507 e. The molecular weight excluding hydrogens is 240 g/mol. The summed E-state index contributed by atoms with van der Waals surface area (Å²) in [4.78, 5) is 9.93. The number of phenolic OH excluding ortho intramolecular Hbond substituents is 1. The van der Waals surface area contributed by atoms with E-state index in [4.69, 9.17) is 0 Å². The van der Waals surface area contributed by atoms with Gasteiger partial charge >= 0.3 is 0 Å². The molecule has 0 spiro atoms. The number of nitro groups is 1. The van der Waals surface area contributed by atoms with Crippen LogP contribution < -0.4 is 5.32 Å². The van der Waals surface area contributed by atoms with Gasteiger partial charge in [0.05, 0.1) is 15.5 Å². The zero-order valence-corrected chi connectivity index (χ0v) is 8.33. The number of benzene rings is 1. The molecule has 0 saturated heterocycles. The fourth-order valence-corrected chi connectivity index (χ4v) is 1.25. The summed E-state index contributed by atoms with van der Waals surface area (Å²) in [6, 6.07) is 2.55. The minimum atomic E-state index is -0.558. The zero-order chi connectivity index (χ0) is 10.0. The number of hydrogen-bond donors (Lipinski definition) is 2. The first-order chi connectivity index (χ1) is 6.06. The third-order valence-electron chi connectivity index (χ3n) is 1.53. The first-order valence-electron chi connectivity index (χ1n) is 3.41. The van der Waals surface area contributed by atoms with E-state index in [1.54, 1.807) is 7.05 Å². The van der Waals surface area contributed by atoms with Crippen molar-refractivity contribution in [3.8, 4) is 5.75 Å². The Bertz CT molecular complexity index is 354. The van der Waals surface area contributed by atoms with E-state index >= 15 is 0 Å². The third kappa shape index (κ3) is 1.89. The third-order valence-corrected chi connectivity index (χ3v) is 2.17. The van der Waals surface area contributed by atoms with E-state index in [9.17, 15) is 15.2 Å². The molecule has 0 unspecified atom stereocenters. The van der Waals surface area contributed by atoms with Gasteiger partial charge in [0.1, 0.15) is 11.4 Å². The molecule has 0 bridgehead atoms. The summed E-state index contributed by atoms with van der Waals surface area (Å²) < 4.78 is 0.419. The maximum Gasteiger partial charge on any atom is 0.296 e. The molecule has 2 N–H and O–H groups in total. The van der Waals surface area contributed by atoms with Crippen LogP contribution in [0, 0.1) is 10.1 Å². The summed E-state index contributed by atoms with van der Waals surface area (Å²) in [5, 5.41) is 22.3. The summed E-state index contributed by atoms with van der Waals surface area (Å²) in [5.41, 5.74) is 0.206. The molecule has 5 nitrogen and oxygen atoms in total. The summed E-state index contributed by atoms with van der Waals surface area (Å²) in [7, 11) is 1.58. The highest BCUT2D eigenvalue weighted by molar-refractivity contribution is 9.10. The molecule has 6 heteroatoms. The number of nitrogens with one attached hydrogen (secondary N) is 1. The van der Waals surface area contributed by atoms with Crippen LogP contribution in [0.5, 0.6) is 5.75 Å². The average Bonchev–Trinajstić information content (AvgIpc) is 2.08. The number of hydrogen-bond acceptors (Lipinski definition) is 4. The molecule has 0 fully saturated rings. The molecule has 0 aliphatic heterocycles. The lowest BCUT2D eigenvalue weighted by Gasteiger charge is -2.03. The van der Waals surface area contributed by atoms with Gasteiger partial charge in [-0.3, -0.25) is 10.1 Å². The van der Waals surface area contributed by atoms with E-state index in [1.807, 2.05) is 0 Å². The molecule has 1 aromatic carbocycles. The normalized spacial score (nSPS) is 9.69. The Hall–Kier alpha value is -1.30. The van der Waals surface area contributed by atoms with Crippen molar-refractivity contribution in [3.63, 3.8) is 0 Å². The molecule has 0 saturated carbocycles. The van der Waals surface area contributed by atoms with Gasteiger partial charge in [-0.25, -0.2) is 0 Å². The van der Waals surface area contributed by atoms with Gasteiger partial charge in [0.2, 0.25) is 0 Å². The van der Waals surface area contributed by atoms with Crippen molar-refractivity contribution >= 4 is 27.3 Å². The van der Waals surface area contributed by atoms with Gasteiger partial charge in [-0.05, 0) is 22.0 Å². The van der Waals surface area contributed by atoms with Crippen molar-refractivity contribution < 1.29 is 10.0 Å². The topological polar surface area (TPSA) is 75.4 Å². The van der Waals surface area contributed by atoms with Crippen molar-refractivity contribution in [2.45, 2.75) is 0 Å². The molecule has 0 atom stereocenters. The van der Waals surface area contributed by atoms with Gasteiger partial charge in [0.15, 0.2) is 0 Å². The van der Waals surface area contributed by atoms with Crippen LogP contribution in [0.2, 0.25) is 0 Å². The van der Waals surface area contributed by atoms with E-state index in [-0.39, 0.29) is 11.4 Å². The van der Waals surface area contributed by atoms with E-state index in [1.165, 1.54) is 6.07 Å². The molecule has 1 aromatic rings. The smallest absolute Gasteiger partial charge is 0.296 e. The molecule has 0 aromatic heterocycles. The Labute approximate surface area is 82.7 Å². The van der Waals surface area contributed by atoms with Gasteiger partial charge in [-0.15, -0.1) is 0 Å². The van der Waals surface area contributed by atoms with Crippen molar-refractivity contribution in [2.75, 3.05) is 12.4 Å². The van der Waals surface area contributed by atoms with E-state index in [2.05, 4.69) is 21.2 Å². The number of nitro benzene ring substituents is 1. The van der Waals surface area contributed by atoms with E-state index in [0.717, 1.165) is 6.07 Å². The summed E-state index contributed by atoms with van der Waals surface area (Å²) in [5.74, 6) is -0.147. The highest BCUT2D eigenvalue weighted by Crippen LogP contribution is 2.34. The Kier molecular flexibility index (Phi) is 2.72. The minimum Gasteiger partial charge on any atom is -0.507 e. The van der Waals surface area contributed by atoms with Crippen molar-refractivity contribution in [1.82, 2.24) is 0 Å². The Balaban J connectivity index is 3.33. The number of rotatable bonds is 2. The van der Waals surface area contributed by atoms with Crippen LogP contribution in [-0.2, 0) is 0 Å². The highest BCUT2D eigenvalue weighted by Gasteiger charge is 2.15. The Morgan fingerprint density at radius 2 is 2.23 bits per heavy atom. The standard InChI is InChI=1S/C7H7BrN2O3/c1-9-5-2-4(8)7(11)3-6(5)10(12)13/h2-3,9,11H,1H3. The molecular formula is C7H7BrN2O3. The van der Waals surface area contributed by atoms with Gasteiger partial charge in [0, 0.05) is 7.05 Å². The maximum atomic E-state index is 10.5. The molecule has 0 aliphatic carbocycles. The molecule has 0 aliphatic rings. The summed E-state index contributed by atoms with van der Waals surface area (Å²) in [6.07, 6.45) is 0. The predicted octanol–water partition coefficient (Wildman–Crippen LogP) is 2.10. The minimum absolute atomic E-state index is 0.147. The second-order valence-corrected chi connectivity index (χ2v) is 3.18. The van der Waals surface area contributed by atoms with Crippen LogP contribution in [0.3, 0.4) is 0 Å². The molecule has 70 valence electrons. The average molecular weight is 247 g/mol. The SMILES string of the molecule is CNc1cc(Br)c(O)cc1[N+](=O)[O-]. The van der Waals surface area contributed by atoms with Crippen molar-refractivity contribution in [3.05, 3.63) is 26.7 Å². The lowest BCUT2D eigenvalue weighted by molar-refractivity contribution is -0.384. The van der Waals surface area contributed by atoms with Crippen LogP contribution in [0.1, 0.15) is 0 Å². The maximum absolute atomic E-state index is 10.5. The van der Waals surface area contributed by atoms with Crippen LogP contribution in [0.25, 0.3) is 0 Å². The van der Waals surface area contributed by atoms with Crippen molar-refractivity contribution in [2.24, 2.45) is 0 Å². The van der Waals surface area contributed by atoms with Crippen LogP contribution in [0.15, 0.2) is 16.6 Å². The first kappa shape index (κ1) is 9.79. The summed E-state index contributed by atoms with van der Waals surface area (Å²) in [6.45, 7) is 0. The number of anilines is 1. The van der Waals surface area contributed by atoms with Crippen LogP contribution in [-0.4, -0.2) is 17.1 Å². The van der Waals surface area contributed by atoms with E-state index in [0.29, 0.717) is 10.2 Å². The second-order valence-electron chi connectivity index (χ2n) is 2.33. The molecule has 0 amide bonds. The Morgan fingerprint density at radius 1 is 1.62 bits per heavy atom. The predicted molar refractivity (Wildman–Crippen MR) is 52.0 cm³/mol. The number of phenols is 1. The summed E-state index contributed by atoms with van der Waals surface area (Å²) >= 11 is 3.06. The molecule has 0 radical (unpaired) electrons. The highest BCUT2D eigenvalue weighted by atomic mass is 79.9. The van der Waals surface area contributed by atoms with Gasteiger partial charge in [-0.2, -0.15) is 0 Å². The van der Waals surface area contributed by atoms with Crippen LogP contribution in [0.4, 0.5) is 11.4 Å². The lowest BCUT2D eigenvalue weighted by atomic mass is 10.2.